The van der Waals surface area contributed by atoms with Crippen LogP contribution in [0.5, 0.6) is 0 Å². The molecule has 0 aromatic rings. The maximum Gasteiger partial charge on any atom is 0.0710 e. The molecule has 2 fully saturated rings. The third-order valence-corrected chi connectivity index (χ3v) is 4.19. The summed E-state index contributed by atoms with van der Waals surface area (Å²) in [5, 5.41) is 0. The maximum atomic E-state index is 6.04. The van der Waals surface area contributed by atoms with Gasteiger partial charge in [0.2, 0.25) is 0 Å². The molecule has 0 spiro atoms. The lowest BCUT2D eigenvalue weighted by Crippen LogP contribution is -2.58. The fourth-order valence-corrected chi connectivity index (χ4v) is 3.02. The lowest BCUT2D eigenvalue weighted by Gasteiger charge is -2.41. The van der Waals surface area contributed by atoms with Crippen LogP contribution in [0, 0.1) is 5.92 Å². The van der Waals surface area contributed by atoms with Crippen LogP contribution in [-0.2, 0) is 9.47 Å². The third kappa shape index (κ3) is 2.12. The number of likely N-dealkylation sites (tertiary alicyclic amines) is 1. The van der Waals surface area contributed by atoms with E-state index in [0.29, 0.717) is 12.6 Å². The summed E-state index contributed by atoms with van der Waals surface area (Å²) >= 11 is 0. The average molecular weight is 228 g/mol. The fraction of sp³-hybridized carbons (Fsp3) is 1.00. The predicted molar refractivity (Wildman–Crippen MR) is 63.4 cm³/mol. The SMILES string of the molecule is COCC(CN)(C1CC1)N1CCC(OC)C1. The Balaban J connectivity index is 2.06. The Morgan fingerprint density at radius 2 is 2.06 bits per heavy atom. The van der Waals surface area contributed by atoms with E-state index in [1.165, 1.54) is 12.8 Å². The lowest BCUT2D eigenvalue weighted by molar-refractivity contribution is 0.00260. The number of ether oxygens (including phenoxy) is 2. The minimum absolute atomic E-state index is 0.0715. The Bertz CT molecular complexity index is 233. The van der Waals surface area contributed by atoms with Gasteiger partial charge < -0.3 is 15.2 Å². The molecule has 0 radical (unpaired) electrons. The zero-order valence-corrected chi connectivity index (χ0v) is 10.4. The van der Waals surface area contributed by atoms with Crippen LogP contribution in [0.1, 0.15) is 19.3 Å². The van der Waals surface area contributed by atoms with E-state index in [9.17, 15) is 0 Å². The minimum Gasteiger partial charge on any atom is -0.383 e. The molecule has 0 bridgehead atoms. The van der Waals surface area contributed by atoms with Gasteiger partial charge in [0.25, 0.3) is 0 Å². The molecular weight excluding hydrogens is 204 g/mol. The highest BCUT2D eigenvalue weighted by molar-refractivity contribution is 5.05. The first-order chi connectivity index (χ1) is 7.76. The topological polar surface area (TPSA) is 47.7 Å². The monoisotopic (exact) mass is 228 g/mol. The molecule has 1 aliphatic carbocycles. The fourth-order valence-electron chi connectivity index (χ4n) is 3.02. The number of hydrogen-bond donors (Lipinski definition) is 1. The van der Waals surface area contributed by atoms with Gasteiger partial charge in [-0.1, -0.05) is 0 Å². The molecule has 2 aliphatic rings. The summed E-state index contributed by atoms with van der Waals surface area (Å²) < 4.78 is 10.9. The van der Waals surface area contributed by atoms with Crippen LogP contribution in [0.15, 0.2) is 0 Å². The van der Waals surface area contributed by atoms with Crippen LogP contribution >= 0.6 is 0 Å². The summed E-state index contributed by atoms with van der Waals surface area (Å²) in [4.78, 5) is 2.50. The van der Waals surface area contributed by atoms with Crippen LogP contribution in [0.2, 0.25) is 0 Å². The first-order valence-corrected chi connectivity index (χ1v) is 6.23. The smallest absolute Gasteiger partial charge is 0.0710 e. The summed E-state index contributed by atoms with van der Waals surface area (Å²) in [6, 6.07) is 0. The largest absolute Gasteiger partial charge is 0.383 e. The number of methoxy groups -OCH3 is 2. The van der Waals surface area contributed by atoms with E-state index < -0.39 is 0 Å². The van der Waals surface area contributed by atoms with Gasteiger partial charge in [0, 0.05) is 33.9 Å². The normalized spacial score (nSPS) is 30.6. The van der Waals surface area contributed by atoms with Gasteiger partial charge >= 0.3 is 0 Å². The van der Waals surface area contributed by atoms with Gasteiger partial charge in [0.15, 0.2) is 0 Å². The Morgan fingerprint density at radius 3 is 2.50 bits per heavy atom. The number of nitrogens with zero attached hydrogens (tertiary/aromatic N) is 1. The highest BCUT2D eigenvalue weighted by Gasteiger charge is 2.50. The van der Waals surface area contributed by atoms with Crippen molar-refractivity contribution in [2.75, 3.05) is 40.5 Å². The lowest BCUT2D eigenvalue weighted by atomic mass is 9.92. The Labute approximate surface area is 98.1 Å². The van der Waals surface area contributed by atoms with Crippen molar-refractivity contribution in [3.8, 4) is 0 Å². The second-order valence-electron chi connectivity index (χ2n) is 5.11. The van der Waals surface area contributed by atoms with Crippen LogP contribution in [0.25, 0.3) is 0 Å². The van der Waals surface area contributed by atoms with Crippen molar-refractivity contribution < 1.29 is 9.47 Å². The van der Waals surface area contributed by atoms with E-state index in [0.717, 1.165) is 32.0 Å². The average Bonchev–Trinajstić information content (AvgIpc) is 3.04. The summed E-state index contributed by atoms with van der Waals surface area (Å²) in [6.07, 6.45) is 4.10. The molecule has 1 aliphatic heterocycles. The number of rotatable bonds is 6. The Morgan fingerprint density at radius 1 is 1.31 bits per heavy atom. The minimum atomic E-state index is 0.0715. The second kappa shape index (κ2) is 5.00. The summed E-state index contributed by atoms with van der Waals surface area (Å²) in [5.41, 5.74) is 6.11. The summed E-state index contributed by atoms with van der Waals surface area (Å²) in [6.45, 7) is 3.55. The van der Waals surface area contributed by atoms with Crippen LogP contribution in [0.4, 0.5) is 0 Å². The summed E-state index contributed by atoms with van der Waals surface area (Å²) in [5.74, 6) is 0.730. The molecule has 0 aromatic carbocycles. The van der Waals surface area contributed by atoms with Gasteiger partial charge in [-0.05, 0) is 25.2 Å². The van der Waals surface area contributed by atoms with Crippen molar-refractivity contribution in [1.82, 2.24) is 4.90 Å². The van der Waals surface area contributed by atoms with Gasteiger partial charge in [0.05, 0.1) is 18.2 Å². The highest BCUT2D eigenvalue weighted by atomic mass is 16.5. The molecule has 2 N–H and O–H groups in total. The van der Waals surface area contributed by atoms with Crippen molar-refractivity contribution in [1.29, 1.82) is 0 Å². The quantitative estimate of drug-likeness (QED) is 0.717. The Hall–Kier alpha value is -0.160. The first kappa shape index (κ1) is 12.3. The molecule has 0 amide bonds. The standard InChI is InChI=1S/C12H24N2O2/c1-15-9-12(8-13,10-3-4-10)14-6-5-11(7-14)16-2/h10-11H,3-9,13H2,1-2H3. The van der Waals surface area contributed by atoms with E-state index in [4.69, 9.17) is 15.2 Å². The van der Waals surface area contributed by atoms with Gasteiger partial charge in [-0.25, -0.2) is 0 Å². The summed E-state index contributed by atoms with van der Waals surface area (Å²) in [7, 11) is 3.57. The molecule has 1 heterocycles. The molecule has 4 nitrogen and oxygen atoms in total. The van der Waals surface area contributed by atoms with Crippen molar-refractivity contribution in [2.45, 2.75) is 30.9 Å². The van der Waals surface area contributed by atoms with Crippen LogP contribution in [-0.4, -0.2) is 57.0 Å². The van der Waals surface area contributed by atoms with Crippen LogP contribution in [0.3, 0.4) is 0 Å². The molecule has 2 rings (SSSR count). The highest BCUT2D eigenvalue weighted by Crippen LogP contribution is 2.44. The zero-order valence-electron chi connectivity index (χ0n) is 10.4. The van der Waals surface area contributed by atoms with Crippen molar-refractivity contribution in [3.05, 3.63) is 0 Å². The number of nitrogens with two attached hydrogens (primary N) is 1. The molecular formula is C12H24N2O2. The van der Waals surface area contributed by atoms with E-state index >= 15 is 0 Å². The van der Waals surface area contributed by atoms with Crippen molar-refractivity contribution in [3.63, 3.8) is 0 Å². The van der Waals surface area contributed by atoms with Crippen molar-refractivity contribution in [2.24, 2.45) is 11.7 Å². The molecule has 1 saturated carbocycles. The van der Waals surface area contributed by atoms with Gasteiger partial charge in [-0.3, -0.25) is 4.90 Å². The van der Waals surface area contributed by atoms with E-state index in [1.807, 2.05) is 0 Å². The molecule has 16 heavy (non-hydrogen) atoms. The van der Waals surface area contributed by atoms with Crippen LogP contribution < -0.4 is 5.73 Å². The predicted octanol–water partition coefficient (Wildman–Crippen LogP) is 0.461. The van der Waals surface area contributed by atoms with Gasteiger partial charge in [0.1, 0.15) is 0 Å². The molecule has 94 valence electrons. The zero-order chi connectivity index (χ0) is 11.6. The van der Waals surface area contributed by atoms with E-state index in [-0.39, 0.29) is 5.54 Å². The maximum absolute atomic E-state index is 6.04. The van der Waals surface area contributed by atoms with Crippen molar-refractivity contribution >= 4 is 0 Å². The van der Waals surface area contributed by atoms with E-state index in [1.54, 1.807) is 14.2 Å². The third-order valence-electron chi connectivity index (χ3n) is 4.19. The molecule has 0 aromatic heterocycles. The molecule has 2 unspecified atom stereocenters. The number of hydrogen-bond acceptors (Lipinski definition) is 4. The second-order valence-corrected chi connectivity index (χ2v) is 5.11. The molecule has 4 heteroatoms. The first-order valence-electron chi connectivity index (χ1n) is 6.23. The van der Waals surface area contributed by atoms with Gasteiger partial charge in [-0.2, -0.15) is 0 Å². The Kier molecular flexibility index (Phi) is 3.85. The van der Waals surface area contributed by atoms with E-state index in [2.05, 4.69) is 4.90 Å². The molecule has 2 atom stereocenters. The van der Waals surface area contributed by atoms with Gasteiger partial charge in [-0.15, -0.1) is 0 Å². The molecule has 1 saturated heterocycles.